The number of para-hydroxylation sites is 1. The number of hydrogen-bond acceptors (Lipinski definition) is 4. The first kappa shape index (κ1) is 14.3. The molecule has 0 radical (unpaired) electrons. The van der Waals surface area contributed by atoms with Crippen LogP contribution in [-0.2, 0) is 9.53 Å². The molecule has 0 saturated carbocycles. The second kappa shape index (κ2) is 5.29. The van der Waals surface area contributed by atoms with Crippen molar-refractivity contribution in [1.29, 1.82) is 0 Å². The number of aromatic nitrogens is 3. The zero-order valence-electron chi connectivity index (χ0n) is 12.7. The van der Waals surface area contributed by atoms with Gasteiger partial charge in [0.05, 0.1) is 12.1 Å². The van der Waals surface area contributed by atoms with Gasteiger partial charge in [-0.15, -0.1) is 0 Å². The van der Waals surface area contributed by atoms with E-state index in [2.05, 4.69) is 4.98 Å². The van der Waals surface area contributed by atoms with Crippen LogP contribution in [0, 0.1) is 6.92 Å². The molecule has 0 N–H and O–H groups in total. The molecule has 0 aliphatic rings. The van der Waals surface area contributed by atoms with E-state index in [-0.39, 0.29) is 11.5 Å². The van der Waals surface area contributed by atoms with Gasteiger partial charge in [-0.1, -0.05) is 12.1 Å². The zero-order valence-corrected chi connectivity index (χ0v) is 12.7. The number of aryl methyl sites for hydroxylation is 1. The Kier molecular flexibility index (Phi) is 3.44. The minimum Gasteiger partial charge on any atom is -0.464 e. The lowest BCUT2D eigenvalue weighted by molar-refractivity contribution is -0.146. The van der Waals surface area contributed by atoms with E-state index < -0.39 is 6.04 Å². The number of benzene rings is 1. The number of hydrogen-bond donors (Lipinski definition) is 0. The molecule has 114 valence electrons. The molecule has 0 aliphatic carbocycles. The molecule has 6 heteroatoms. The van der Waals surface area contributed by atoms with Crippen LogP contribution in [0.1, 0.15) is 25.6 Å². The highest BCUT2D eigenvalue weighted by Gasteiger charge is 2.22. The SMILES string of the molecule is CCOC(=O)C(C)n1c2ccccc2c2nc(=O)cc(C)n21. The summed E-state index contributed by atoms with van der Waals surface area (Å²) in [6.45, 7) is 5.71. The second-order valence-corrected chi connectivity index (χ2v) is 5.16. The predicted octanol–water partition coefficient (Wildman–Crippen LogP) is 2.08. The van der Waals surface area contributed by atoms with Gasteiger partial charge in [0, 0.05) is 17.1 Å². The molecular formula is C16H17N3O3. The van der Waals surface area contributed by atoms with E-state index in [4.69, 9.17) is 4.74 Å². The number of nitrogens with zero attached hydrogens (tertiary/aromatic N) is 3. The van der Waals surface area contributed by atoms with Crippen LogP contribution in [0.15, 0.2) is 35.1 Å². The van der Waals surface area contributed by atoms with Crippen LogP contribution in [0.5, 0.6) is 0 Å². The molecule has 0 aliphatic heterocycles. The monoisotopic (exact) mass is 299 g/mol. The maximum absolute atomic E-state index is 12.2. The van der Waals surface area contributed by atoms with Crippen molar-refractivity contribution in [3.8, 4) is 0 Å². The predicted molar refractivity (Wildman–Crippen MR) is 83.0 cm³/mol. The van der Waals surface area contributed by atoms with Crippen LogP contribution in [-0.4, -0.2) is 26.8 Å². The molecule has 0 fully saturated rings. The van der Waals surface area contributed by atoms with Gasteiger partial charge in [-0.25, -0.2) is 9.31 Å². The Labute approximate surface area is 126 Å². The van der Waals surface area contributed by atoms with Crippen molar-refractivity contribution in [3.63, 3.8) is 0 Å². The first-order valence-electron chi connectivity index (χ1n) is 7.21. The van der Waals surface area contributed by atoms with Gasteiger partial charge in [0.25, 0.3) is 5.56 Å². The van der Waals surface area contributed by atoms with Crippen molar-refractivity contribution >= 4 is 22.5 Å². The van der Waals surface area contributed by atoms with Crippen LogP contribution in [0.2, 0.25) is 0 Å². The average molecular weight is 299 g/mol. The van der Waals surface area contributed by atoms with Crippen LogP contribution < -0.4 is 5.56 Å². The zero-order chi connectivity index (χ0) is 15.9. The van der Waals surface area contributed by atoms with E-state index in [1.54, 1.807) is 18.4 Å². The Bertz CT molecular complexity index is 923. The lowest BCUT2D eigenvalue weighted by Crippen LogP contribution is -2.24. The first-order valence-corrected chi connectivity index (χ1v) is 7.21. The van der Waals surface area contributed by atoms with E-state index in [0.717, 1.165) is 16.6 Å². The lowest BCUT2D eigenvalue weighted by atomic mass is 10.2. The van der Waals surface area contributed by atoms with Gasteiger partial charge in [0.15, 0.2) is 5.65 Å². The molecule has 1 unspecified atom stereocenters. The smallest absolute Gasteiger partial charge is 0.330 e. The molecule has 1 atom stereocenters. The van der Waals surface area contributed by atoms with Gasteiger partial charge in [-0.3, -0.25) is 9.48 Å². The summed E-state index contributed by atoms with van der Waals surface area (Å²) in [5.74, 6) is -0.316. The standard InChI is InChI=1S/C16H17N3O3/c1-4-22-16(21)11(3)19-13-8-6-5-7-12(13)15-17-14(20)9-10(2)18(15)19/h5-9,11H,4H2,1-3H3. The summed E-state index contributed by atoms with van der Waals surface area (Å²) in [5.41, 5.74) is 1.83. The van der Waals surface area contributed by atoms with Gasteiger partial charge in [-0.2, -0.15) is 4.98 Å². The van der Waals surface area contributed by atoms with Crippen molar-refractivity contribution < 1.29 is 9.53 Å². The van der Waals surface area contributed by atoms with Crippen molar-refractivity contribution in [2.75, 3.05) is 6.61 Å². The molecule has 1 aromatic carbocycles. The van der Waals surface area contributed by atoms with Crippen molar-refractivity contribution in [2.24, 2.45) is 0 Å². The molecule has 3 rings (SSSR count). The highest BCUT2D eigenvalue weighted by molar-refractivity contribution is 5.93. The average Bonchev–Trinajstić information content (AvgIpc) is 2.82. The Morgan fingerprint density at radius 3 is 2.82 bits per heavy atom. The van der Waals surface area contributed by atoms with Crippen LogP contribution >= 0.6 is 0 Å². The Morgan fingerprint density at radius 2 is 2.09 bits per heavy atom. The quantitative estimate of drug-likeness (QED) is 0.695. The summed E-state index contributed by atoms with van der Waals surface area (Å²) in [6.07, 6.45) is 0. The Balaban J connectivity index is 2.40. The van der Waals surface area contributed by atoms with E-state index in [0.29, 0.717) is 12.3 Å². The van der Waals surface area contributed by atoms with E-state index in [9.17, 15) is 9.59 Å². The fourth-order valence-corrected chi connectivity index (χ4v) is 2.75. The molecule has 0 spiro atoms. The van der Waals surface area contributed by atoms with E-state index >= 15 is 0 Å². The maximum Gasteiger partial charge on any atom is 0.330 e. The number of esters is 1. The van der Waals surface area contributed by atoms with Gasteiger partial charge >= 0.3 is 5.97 Å². The van der Waals surface area contributed by atoms with Gasteiger partial charge in [0.1, 0.15) is 6.04 Å². The number of carbonyl (C=O) groups is 1. The third kappa shape index (κ3) is 2.07. The second-order valence-electron chi connectivity index (χ2n) is 5.16. The maximum atomic E-state index is 12.2. The molecule has 6 nitrogen and oxygen atoms in total. The fraction of sp³-hybridized carbons (Fsp3) is 0.312. The topological polar surface area (TPSA) is 65.6 Å². The summed E-state index contributed by atoms with van der Waals surface area (Å²) < 4.78 is 8.76. The van der Waals surface area contributed by atoms with E-state index in [1.165, 1.54) is 6.07 Å². The number of ether oxygens (including phenoxy) is 1. The van der Waals surface area contributed by atoms with Gasteiger partial charge < -0.3 is 4.74 Å². The van der Waals surface area contributed by atoms with Crippen LogP contribution in [0.25, 0.3) is 16.6 Å². The molecule has 0 saturated heterocycles. The largest absolute Gasteiger partial charge is 0.464 e. The lowest BCUT2D eigenvalue weighted by Gasteiger charge is -2.16. The third-order valence-corrected chi connectivity index (χ3v) is 3.68. The van der Waals surface area contributed by atoms with Crippen LogP contribution in [0.3, 0.4) is 0 Å². The van der Waals surface area contributed by atoms with Gasteiger partial charge in [-0.05, 0) is 32.9 Å². The third-order valence-electron chi connectivity index (χ3n) is 3.68. The Morgan fingerprint density at radius 1 is 1.36 bits per heavy atom. The normalized spacial score (nSPS) is 12.7. The summed E-state index contributed by atoms with van der Waals surface area (Å²) in [6, 6.07) is 8.51. The molecule has 3 aromatic rings. The molecule has 0 bridgehead atoms. The minimum absolute atomic E-state index is 0.288. The number of carbonyl (C=O) groups excluding carboxylic acids is 1. The number of rotatable bonds is 3. The van der Waals surface area contributed by atoms with Crippen LogP contribution in [0.4, 0.5) is 0 Å². The number of fused-ring (bicyclic) bond motifs is 3. The molecule has 2 aromatic heterocycles. The summed E-state index contributed by atoms with van der Waals surface area (Å²) in [5, 5.41) is 0.833. The summed E-state index contributed by atoms with van der Waals surface area (Å²) in [7, 11) is 0. The van der Waals surface area contributed by atoms with Gasteiger partial charge in [0.2, 0.25) is 0 Å². The van der Waals surface area contributed by atoms with Crippen molar-refractivity contribution in [1.82, 2.24) is 14.2 Å². The molecular weight excluding hydrogens is 282 g/mol. The first-order chi connectivity index (χ1) is 10.5. The van der Waals surface area contributed by atoms with Crippen molar-refractivity contribution in [3.05, 3.63) is 46.4 Å². The van der Waals surface area contributed by atoms with Crippen molar-refractivity contribution in [2.45, 2.75) is 26.8 Å². The highest BCUT2D eigenvalue weighted by atomic mass is 16.5. The fourth-order valence-electron chi connectivity index (χ4n) is 2.75. The Hall–Kier alpha value is -2.63. The van der Waals surface area contributed by atoms with E-state index in [1.807, 2.05) is 35.9 Å². The molecule has 0 amide bonds. The molecule has 2 heterocycles. The minimum atomic E-state index is -0.523. The summed E-state index contributed by atoms with van der Waals surface area (Å²) >= 11 is 0. The summed E-state index contributed by atoms with van der Waals surface area (Å²) in [4.78, 5) is 28.0. The molecule has 22 heavy (non-hydrogen) atoms. The highest BCUT2D eigenvalue weighted by Crippen LogP contribution is 2.25.